The van der Waals surface area contributed by atoms with Gasteiger partial charge in [0.25, 0.3) is 0 Å². The summed E-state index contributed by atoms with van der Waals surface area (Å²) >= 11 is 0. The van der Waals surface area contributed by atoms with Gasteiger partial charge in [0, 0.05) is 39.6 Å². The van der Waals surface area contributed by atoms with E-state index in [1.54, 1.807) is 7.05 Å². The van der Waals surface area contributed by atoms with E-state index in [9.17, 15) is 0 Å². The summed E-state index contributed by atoms with van der Waals surface area (Å²) in [7, 11) is 3.82. The van der Waals surface area contributed by atoms with Gasteiger partial charge in [-0.2, -0.15) is 0 Å². The van der Waals surface area contributed by atoms with Crippen molar-refractivity contribution in [1.29, 1.82) is 0 Å². The number of aliphatic imine (C=N–C) groups is 1. The number of ether oxygens (including phenoxy) is 1. The van der Waals surface area contributed by atoms with Crippen LogP contribution < -0.4 is 10.1 Å². The van der Waals surface area contributed by atoms with Crippen molar-refractivity contribution >= 4 is 29.9 Å². The molecule has 0 atom stereocenters. The average Bonchev–Trinajstić information content (AvgIpc) is 3.14. The molecule has 0 spiro atoms. The average molecular weight is 519 g/mol. The molecule has 0 saturated heterocycles. The van der Waals surface area contributed by atoms with Crippen molar-refractivity contribution < 1.29 is 4.74 Å². The zero-order valence-electron chi connectivity index (χ0n) is 17.8. The standard InChI is InChI=1S/C23H29N5O.HI/c1-19-25-12-13-28(19)18-21-9-7-8-20(16-21)17-26-23(24-2)27(3)14-15-29-22-10-5-4-6-11-22;/h4-13,16H,14-15,17-18H2,1-3H3,(H,24,26);1H. The SMILES string of the molecule is CN=C(NCc1cccc(Cn2ccnc2C)c1)N(C)CCOc1ccccc1.I. The van der Waals surface area contributed by atoms with Crippen LogP contribution in [0.25, 0.3) is 0 Å². The van der Waals surface area contributed by atoms with E-state index < -0.39 is 0 Å². The van der Waals surface area contributed by atoms with E-state index >= 15 is 0 Å². The van der Waals surface area contributed by atoms with Crippen LogP contribution in [0.1, 0.15) is 17.0 Å². The number of guanidine groups is 1. The molecule has 30 heavy (non-hydrogen) atoms. The minimum atomic E-state index is 0. The summed E-state index contributed by atoms with van der Waals surface area (Å²) in [5.74, 6) is 2.75. The number of aryl methyl sites for hydroxylation is 1. The molecule has 0 radical (unpaired) electrons. The van der Waals surface area contributed by atoms with Gasteiger partial charge in [-0.3, -0.25) is 4.99 Å². The summed E-state index contributed by atoms with van der Waals surface area (Å²) in [5.41, 5.74) is 2.47. The van der Waals surface area contributed by atoms with E-state index in [4.69, 9.17) is 4.74 Å². The van der Waals surface area contributed by atoms with Gasteiger partial charge in [-0.1, -0.05) is 42.5 Å². The number of aromatic nitrogens is 2. The summed E-state index contributed by atoms with van der Waals surface area (Å²) in [5, 5.41) is 3.43. The molecule has 0 aliphatic heterocycles. The van der Waals surface area contributed by atoms with E-state index in [1.165, 1.54) is 11.1 Å². The molecule has 2 aromatic carbocycles. The third-order valence-electron chi connectivity index (χ3n) is 4.73. The quantitative estimate of drug-likeness (QED) is 0.278. The number of para-hydroxylation sites is 1. The Labute approximate surface area is 196 Å². The lowest BCUT2D eigenvalue weighted by Gasteiger charge is -2.22. The molecule has 3 aromatic rings. The minimum Gasteiger partial charge on any atom is -0.492 e. The number of hydrogen-bond acceptors (Lipinski definition) is 3. The van der Waals surface area contributed by atoms with Crippen LogP contribution in [-0.4, -0.2) is 47.7 Å². The monoisotopic (exact) mass is 519 g/mol. The number of likely N-dealkylation sites (N-methyl/N-ethyl adjacent to an activating group) is 1. The van der Waals surface area contributed by atoms with Gasteiger partial charge >= 0.3 is 0 Å². The second-order valence-corrected chi connectivity index (χ2v) is 6.91. The molecule has 0 unspecified atom stereocenters. The van der Waals surface area contributed by atoms with Crippen LogP contribution in [0.3, 0.4) is 0 Å². The van der Waals surface area contributed by atoms with Gasteiger partial charge in [0.1, 0.15) is 18.2 Å². The Bertz CT molecular complexity index is 926. The molecular formula is C23H30IN5O. The van der Waals surface area contributed by atoms with Crippen LogP contribution in [0.5, 0.6) is 5.75 Å². The molecule has 1 heterocycles. The van der Waals surface area contributed by atoms with Crippen molar-refractivity contribution in [2.24, 2.45) is 4.99 Å². The molecule has 0 amide bonds. The Kier molecular flexibility index (Phi) is 9.66. The lowest BCUT2D eigenvalue weighted by molar-refractivity contribution is 0.281. The Morgan fingerprint density at radius 1 is 1.13 bits per heavy atom. The molecule has 0 aliphatic rings. The smallest absolute Gasteiger partial charge is 0.193 e. The molecule has 6 nitrogen and oxygen atoms in total. The van der Waals surface area contributed by atoms with Crippen LogP contribution >= 0.6 is 24.0 Å². The predicted octanol–water partition coefficient (Wildman–Crippen LogP) is 3.94. The summed E-state index contributed by atoms with van der Waals surface area (Å²) in [6, 6.07) is 18.4. The zero-order chi connectivity index (χ0) is 20.5. The number of nitrogens with one attached hydrogen (secondary N) is 1. The topological polar surface area (TPSA) is 54.7 Å². The van der Waals surface area contributed by atoms with Crippen molar-refractivity contribution in [2.75, 3.05) is 27.2 Å². The fourth-order valence-electron chi connectivity index (χ4n) is 3.09. The molecule has 7 heteroatoms. The summed E-state index contributed by atoms with van der Waals surface area (Å²) < 4.78 is 7.92. The Morgan fingerprint density at radius 2 is 1.90 bits per heavy atom. The van der Waals surface area contributed by atoms with Crippen LogP contribution in [0.4, 0.5) is 0 Å². The van der Waals surface area contributed by atoms with Crippen LogP contribution in [0.15, 0.2) is 72.0 Å². The molecule has 0 saturated carbocycles. The molecule has 1 aromatic heterocycles. The summed E-state index contributed by atoms with van der Waals surface area (Å²) in [4.78, 5) is 10.7. The summed E-state index contributed by atoms with van der Waals surface area (Å²) in [6.45, 7) is 4.90. The van der Waals surface area contributed by atoms with Gasteiger partial charge in [0.15, 0.2) is 5.96 Å². The van der Waals surface area contributed by atoms with Gasteiger partial charge in [0.05, 0.1) is 6.54 Å². The van der Waals surface area contributed by atoms with Gasteiger partial charge in [0.2, 0.25) is 0 Å². The Balaban J connectivity index is 0.00000320. The van der Waals surface area contributed by atoms with E-state index in [1.807, 2.05) is 56.7 Å². The van der Waals surface area contributed by atoms with Crippen LogP contribution in [0.2, 0.25) is 0 Å². The van der Waals surface area contributed by atoms with Gasteiger partial charge in [-0.05, 0) is 30.2 Å². The van der Waals surface area contributed by atoms with E-state index in [-0.39, 0.29) is 24.0 Å². The van der Waals surface area contributed by atoms with E-state index in [0.29, 0.717) is 13.2 Å². The highest BCUT2D eigenvalue weighted by molar-refractivity contribution is 14.0. The molecule has 0 aliphatic carbocycles. The highest BCUT2D eigenvalue weighted by atomic mass is 127. The first-order valence-corrected chi connectivity index (χ1v) is 9.81. The second kappa shape index (κ2) is 12.2. The number of nitrogens with zero attached hydrogens (tertiary/aromatic N) is 4. The predicted molar refractivity (Wildman–Crippen MR) is 133 cm³/mol. The summed E-state index contributed by atoms with van der Waals surface area (Å²) in [6.07, 6.45) is 3.84. The fourth-order valence-corrected chi connectivity index (χ4v) is 3.09. The van der Waals surface area contributed by atoms with Gasteiger partial charge in [-0.25, -0.2) is 4.98 Å². The third-order valence-corrected chi connectivity index (χ3v) is 4.73. The van der Waals surface area contributed by atoms with Crippen molar-refractivity contribution in [1.82, 2.24) is 19.8 Å². The Morgan fingerprint density at radius 3 is 2.60 bits per heavy atom. The first kappa shape index (κ1) is 23.7. The number of benzene rings is 2. The molecule has 0 bridgehead atoms. The normalized spacial score (nSPS) is 11.0. The molecule has 160 valence electrons. The molecule has 3 rings (SSSR count). The first-order chi connectivity index (χ1) is 14.2. The third kappa shape index (κ3) is 7.05. The fraction of sp³-hybridized carbons (Fsp3) is 0.304. The molecule has 1 N–H and O–H groups in total. The van der Waals surface area contributed by atoms with Crippen molar-refractivity contribution in [3.63, 3.8) is 0 Å². The highest BCUT2D eigenvalue weighted by Gasteiger charge is 2.07. The van der Waals surface area contributed by atoms with E-state index in [2.05, 4.69) is 49.0 Å². The second-order valence-electron chi connectivity index (χ2n) is 6.91. The zero-order valence-corrected chi connectivity index (χ0v) is 20.1. The maximum atomic E-state index is 5.78. The maximum Gasteiger partial charge on any atom is 0.193 e. The minimum absolute atomic E-state index is 0. The number of imidazole rings is 1. The van der Waals surface area contributed by atoms with Crippen LogP contribution in [0, 0.1) is 6.92 Å². The van der Waals surface area contributed by atoms with Gasteiger partial charge in [-0.15, -0.1) is 24.0 Å². The molecular weight excluding hydrogens is 489 g/mol. The lowest BCUT2D eigenvalue weighted by Crippen LogP contribution is -2.40. The van der Waals surface area contributed by atoms with Crippen molar-refractivity contribution in [3.05, 3.63) is 83.9 Å². The van der Waals surface area contributed by atoms with Crippen LogP contribution in [-0.2, 0) is 13.1 Å². The number of hydrogen-bond donors (Lipinski definition) is 1. The highest BCUT2D eigenvalue weighted by Crippen LogP contribution is 2.10. The molecule has 0 fully saturated rings. The van der Waals surface area contributed by atoms with Crippen molar-refractivity contribution in [3.8, 4) is 5.75 Å². The first-order valence-electron chi connectivity index (χ1n) is 9.81. The Hall–Kier alpha value is -2.55. The van der Waals surface area contributed by atoms with Crippen molar-refractivity contribution in [2.45, 2.75) is 20.0 Å². The number of rotatable bonds is 8. The van der Waals surface area contributed by atoms with Gasteiger partial charge < -0.3 is 19.5 Å². The largest absolute Gasteiger partial charge is 0.492 e. The van der Waals surface area contributed by atoms with E-state index in [0.717, 1.165) is 30.6 Å². The lowest BCUT2D eigenvalue weighted by atomic mass is 10.1. The number of halogens is 1. The maximum absolute atomic E-state index is 5.78.